The van der Waals surface area contributed by atoms with E-state index < -0.39 is 0 Å². The van der Waals surface area contributed by atoms with Crippen molar-refractivity contribution in [3.8, 4) is 0 Å². The van der Waals surface area contributed by atoms with Gasteiger partial charge in [-0.3, -0.25) is 0 Å². The first-order chi connectivity index (χ1) is 6.74. The fourth-order valence-corrected chi connectivity index (χ4v) is 1.88. The van der Waals surface area contributed by atoms with Crippen LogP contribution in [0.1, 0.15) is 11.1 Å². The Morgan fingerprint density at radius 3 is 2.93 bits per heavy atom. The highest BCUT2D eigenvalue weighted by atomic mass is 32.2. The lowest BCUT2D eigenvalue weighted by molar-refractivity contribution is 0.322. The second-order valence-corrected chi connectivity index (χ2v) is 4.39. The molecule has 0 aliphatic rings. The second-order valence-electron chi connectivity index (χ2n) is 2.84. The van der Waals surface area contributed by atoms with E-state index in [0.717, 1.165) is 17.1 Å². The summed E-state index contributed by atoms with van der Waals surface area (Å²) in [4.78, 5) is 0.430. The SMILES string of the molecule is NC(=S)c1cccc(CSCCO)c1. The first kappa shape index (κ1) is 11.5. The number of rotatable bonds is 5. The van der Waals surface area contributed by atoms with Crippen molar-refractivity contribution in [2.75, 3.05) is 12.4 Å². The van der Waals surface area contributed by atoms with Gasteiger partial charge in [0.2, 0.25) is 0 Å². The first-order valence-corrected chi connectivity index (χ1v) is 5.87. The minimum Gasteiger partial charge on any atom is -0.396 e. The predicted octanol–water partition coefficient (Wildman–Crippen LogP) is 1.55. The Morgan fingerprint density at radius 2 is 2.29 bits per heavy atom. The van der Waals surface area contributed by atoms with Crippen LogP contribution in [0.4, 0.5) is 0 Å². The van der Waals surface area contributed by atoms with Gasteiger partial charge in [-0.2, -0.15) is 11.8 Å². The van der Waals surface area contributed by atoms with E-state index in [-0.39, 0.29) is 6.61 Å². The molecule has 0 saturated carbocycles. The summed E-state index contributed by atoms with van der Waals surface area (Å²) in [5, 5.41) is 8.63. The second kappa shape index (κ2) is 6.01. The molecule has 3 N–H and O–H groups in total. The van der Waals surface area contributed by atoms with Crippen molar-refractivity contribution in [2.45, 2.75) is 5.75 Å². The Balaban J connectivity index is 2.59. The smallest absolute Gasteiger partial charge is 0.103 e. The van der Waals surface area contributed by atoms with Gasteiger partial charge in [0.1, 0.15) is 4.99 Å². The van der Waals surface area contributed by atoms with E-state index in [1.54, 1.807) is 11.8 Å². The summed E-state index contributed by atoms with van der Waals surface area (Å²) in [5.41, 5.74) is 7.62. The van der Waals surface area contributed by atoms with Gasteiger partial charge in [-0.25, -0.2) is 0 Å². The molecule has 0 radical (unpaired) electrons. The zero-order valence-electron chi connectivity index (χ0n) is 7.77. The van der Waals surface area contributed by atoms with Crippen LogP contribution in [0.25, 0.3) is 0 Å². The molecular formula is C10H13NOS2. The van der Waals surface area contributed by atoms with Crippen LogP contribution in [0.3, 0.4) is 0 Å². The van der Waals surface area contributed by atoms with Gasteiger partial charge < -0.3 is 10.8 Å². The molecule has 0 unspecified atom stereocenters. The van der Waals surface area contributed by atoms with Crippen LogP contribution in [-0.2, 0) is 5.75 Å². The van der Waals surface area contributed by atoms with E-state index in [1.165, 1.54) is 5.56 Å². The zero-order valence-corrected chi connectivity index (χ0v) is 9.40. The quantitative estimate of drug-likeness (QED) is 0.592. The number of nitrogens with two attached hydrogens (primary N) is 1. The van der Waals surface area contributed by atoms with Gasteiger partial charge in [-0.05, 0) is 11.6 Å². The largest absolute Gasteiger partial charge is 0.396 e. The highest BCUT2D eigenvalue weighted by Gasteiger charge is 1.98. The molecule has 0 aliphatic carbocycles. The van der Waals surface area contributed by atoms with Crippen molar-refractivity contribution in [3.05, 3.63) is 35.4 Å². The Bertz CT molecular complexity index is 315. The lowest BCUT2D eigenvalue weighted by Gasteiger charge is -2.03. The molecular weight excluding hydrogens is 214 g/mol. The maximum atomic E-state index is 8.63. The zero-order chi connectivity index (χ0) is 10.4. The normalized spacial score (nSPS) is 10.1. The maximum Gasteiger partial charge on any atom is 0.103 e. The molecule has 4 heteroatoms. The van der Waals surface area contributed by atoms with Crippen LogP contribution in [0.15, 0.2) is 24.3 Å². The van der Waals surface area contributed by atoms with Gasteiger partial charge >= 0.3 is 0 Å². The summed E-state index contributed by atoms with van der Waals surface area (Å²) < 4.78 is 0. The molecule has 1 aromatic rings. The average molecular weight is 227 g/mol. The van der Waals surface area contributed by atoms with E-state index in [4.69, 9.17) is 23.1 Å². The number of aliphatic hydroxyl groups is 1. The molecule has 1 aromatic carbocycles. The lowest BCUT2D eigenvalue weighted by Crippen LogP contribution is -2.09. The third-order valence-electron chi connectivity index (χ3n) is 1.72. The van der Waals surface area contributed by atoms with E-state index in [9.17, 15) is 0 Å². The molecule has 76 valence electrons. The Labute approximate surface area is 93.5 Å². The topological polar surface area (TPSA) is 46.2 Å². The number of thiocarbonyl (C=S) groups is 1. The van der Waals surface area contributed by atoms with Crippen molar-refractivity contribution in [1.82, 2.24) is 0 Å². The summed E-state index contributed by atoms with van der Waals surface area (Å²) in [7, 11) is 0. The Hall–Kier alpha value is -0.580. The highest BCUT2D eigenvalue weighted by Crippen LogP contribution is 2.13. The van der Waals surface area contributed by atoms with Gasteiger partial charge in [0, 0.05) is 17.1 Å². The van der Waals surface area contributed by atoms with Crippen molar-refractivity contribution in [2.24, 2.45) is 5.73 Å². The molecule has 0 heterocycles. The summed E-state index contributed by atoms with van der Waals surface area (Å²) in [5.74, 6) is 1.65. The molecule has 1 rings (SSSR count). The van der Waals surface area contributed by atoms with Gasteiger partial charge in [0.15, 0.2) is 0 Å². The molecule has 0 saturated heterocycles. The van der Waals surface area contributed by atoms with Gasteiger partial charge in [0.05, 0.1) is 6.61 Å². The minimum absolute atomic E-state index is 0.222. The number of hydrogen-bond donors (Lipinski definition) is 2. The van der Waals surface area contributed by atoms with Crippen LogP contribution in [0.2, 0.25) is 0 Å². The fraction of sp³-hybridized carbons (Fsp3) is 0.300. The molecule has 0 aromatic heterocycles. The third-order valence-corrected chi connectivity index (χ3v) is 2.96. The third kappa shape index (κ3) is 3.65. The van der Waals surface area contributed by atoms with E-state index in [0.29, 0.717) is 4.99 Å². The van der Waals surface area contributed by atoms with Crippen molar-refractivity contribution in [3.63, 3.8) is 0 Å². The highest BCUT2D eigenvalue weighted by molar-refractivity contribution is 7.98. The molecule has 0 atom stereocenters. The lowest BCUT2D eigenvalue weighted by atomic mass is 10.1. The summed E-state index contributed by atoms with van der Waals surface area (Å²) >= 11 is 6.58. The van der Waals surface area contributed by atoms with E-state index in [2.05, 4.69) is 0 Å². The minimum atomic E-state index is 0.222. The summed E-state index contributed by atoms with van der Waals surface area (Å²) in [6, 6.07) is 7.88. The monoisotopic (exact) mass is 227 g/mol. The van der Waals surface area contributed by atoms with Gasteiger partial charge in [-0.1, -0.05) is 30.4 Å². The molecule has 0 amide bonds. The Kier molecular flexibility index (Phi) is 4.93. The van der Waals surface area contributed by atoms with Crippen molar-refractivity contribution in [1.29, 1.82) is 0 Å². The molecule has 2 nitrogen and oxygen atoms in total. The standard InChI is InChI=1S/C10H13NOS2/c11-10(13)9-3-1-2-8(6-9)7-14-5-4-12/h1-3,6,12H,4-5,7H2,(H2,11,13). The molecule has 0 bridgehead atoms. The molecule has 0 spiro atoms. The van der Waals surface area contributed by atoms with Crippen LogP contribution in [0, 0.1) is 0 Å². The van der Waals surface area contributed by atoms with Crippen LogP contribution < -0.4 is 5.73 Å². The molecule has 14 heavy (non-hydrogen) atoms. The molecule has 0 aliphatic heterocycles. The average Bonchev–Trinajstić information content (AvgIpc) is 2.19. The van der Waals surface area contributed by atoms with E-state index in [1.807, 2.05) is 24.3 Å². The number of thioether (sulfide) groups is 1. The molecule has 0 fully saturated rings. The van der Waals surface area contributed by atoms with Crippen LogP contribution in [-0.4, -0.2) is 22.5 Å². The van der Waals surface area contributed by atoms with Crippen LogP contribution >= 0.6 is 24.0 Å². The number of benzene rings is 1. The Morgan fingerprint density at radius 1 is 1.50 bits per heavy atom. The van der Waals surface area contributed by atoms with Gasteiger partial charge in [0.25, 0.3) is 0 Å². The van der Waals surface area contributed by atoms with E-state index >= 15 is 0 Å². The van der Waals surface area contributed by atoms with Crippen molar-refractivity contribution < 1.29 is 5.11 Å². The number of hydrogen-bond acceptors (Lipinski definition) is 3. The predicted molar refractivity (Wildman–Crippen MR) is 65.6 cm³/mol. The maximum absolute atomic E-state index is 8.63. The van der Waals surface area contributed by atoms with Gasteiger partial charge in [-0.15, -0.1) is 0 Å². The van der Waals surface area contributed by atoms with Crippen molar-refractivity contribution >= 4 is 29.0 Å². The summed E-state index contributed by atoms with van der Waals surface area (Å²) in [6.07, 6.45) is 0. The van der Waals surface area contributed by atoms with Crippen LogP contribution in [0.5, 0.6) is 0 Å². The first-order valence-electron chi connectivity index (χ1n) is 4.31. The summed E-state index contributed by atoms with van der Waals surface area (Å²) in [6.45, 7) is 0.222. The number of aliphatic hydroxyl groups excluding tert-OH is 1. The fourth-order valence-electron chi connectivity index (χ4n) is 1.07.